The van der Waals surface area contributed by atoms with Crippen molar-refractivity contribution in [2.24, 2.45) is 5.73 Å². The van der Waals surface area contributed by atoms with Gasteiger partial charge in [0, 0.05) is 29.3 Å². The van der Waals surface area contributed by atoms with E-state index in [4.69, 9.17) is 17.3 Å². The third-order valence-electron chi connectivity index (χ3n) is 1.98. The third-order valence-corrected chi connectivity index (χ3v) is 3.55. The van der Waals surface area contributed by atoms with Crippen LogP contribution in [-0.4, -0.2) is 30.9 Å². The Labute approximate surface area is 108 Å². The Morgan fingerprint density at radius 2 is 2.27 bits per heavy atom. The lowest BCUT2D eigenvalue weighted by Gasteiger charge is -2.16. The monoisotopic (exact) mass is 338 g/mol. The summed E-state index contributed by atoms with van der Waals surface area (Å²) in [7, 11) is 1.72. The first kappa shape index (κ1) is 12.7. The van der Waals surface area contributed by atoms with Gasteiger partial charge in [0.25, 0.3) is 5.91 Å². The van der Waals surface area contributed by atoms with E-state index in [9.17, 15) is 4.79 Å². The summed E-state index contributed by atoms with van der Waals surface area (Å²) in [5.41, 5.74) is 5.97. The lowest BCUT2D eigenvalue weighted by Crippen LogP contribution is -2.31. The molecule has 0 spiro atoms. The fourth-order valence-electron chi connectivity index (χ4n) is 1.14. The Balaban J connectivity index is 2.87. The number of likely N-dealkylation sites (N-methyl/N-ethyl adjacent to an activating group) is 1. The largest absolute Gasteiger partial charge is 0.340 e. The van der Waals surface area contributed by atoms with Gasteiger partial charge in [-0.1, -0.05) is 11.6 Å². The highest BCUT2D eigenvalue weighted by atomic mass is 127. The molecule has 0 radical (unpaired) electrons. The molecular formula is C10H12ClIN2O. The molecule has 1 aromatic carbocycles. The Morgan fingerprint density at radius 1 is 1.60 bits per heavy atom. The summed E-state index contributed by atoms with van der Waals surface area (Å²) in [6.45, 7) is 1.00. The van der Waals surface area contributed by atoms with Crippen LogP contribution >= 0.6 is 34.2 Å². The smallest absolute Gasteiger partial charge is 0.253 e. The van der Waals surface area contributed by atoms with E-state index < -0.39 is 0 Å². The highest BCUT2D eigenvalue weighted by molar-refractivity contribution is 14.1. The van der Waals surface area contributed by atoms with E-state index in [-0.39, 0.29) is 5.91 Å². The molecule has 82 valence electrons. The van der Waals surface area contributed by atoms with E-state index >= 15 is 0 Å². The van der Waals surface area contributed by atoms with Crippen molar-refractivity contribution >= 4 is 40.1 Å². The Kier molecular flexibility index (Phi) is 4.82. The van der Waals surface area contributed by atoms with Gasteiger partial charge in [0.2, 0.25) is 0 Å². The zero-order valence-electron chi connectivity index (χ0n) is 8.34. The molecule has 0 fully saturated rings. The second kappa shape index (κ2) is 5.67. The first-order chi connectivity index (χ1) is 7.06. The normalized spacial score (nSPS) is 10.1. The van der Waals surface area contributed by atoms with Crippen molar-refractivity contribution in [3.05, 3.63) is 32.4 Å². The first-order valence-electron chi connectivity index (χ1n) is 4.47. The fraction of sp³-hybridized carbons (Fsp3) is 0.300. The second-order valence-electron chi connectivity index (χ2n) is 3.14. The maximum absolute atomic E-state index is 11.8. The molecule has 1 amide bonds. The number of hydrogen-bond acceptors (Lipinski definition) is 2. The van der Waals surface area contributed by atoms with E-state index in [0.29, 0.717) is 23.7 Å². The Hall–Kier alpha value is -0.330. The molecular weight excluding hydrogens is 326 g/mol. The minimum Gasteiger partial charge on any atom is -0.340 e. The quantitative estimate of drug-likeness (QED) is 0.857. The molecule has 1 aromatic rings. The SMILES string of the molecule is CN(CCN)C(=O)c1ccc(I)c(Cl)c1. The fourth-order valence-corrected chi connectivity index (χ4v) is 1.66. The van der Waals surface area contributed by atoms with Gasteiger partial charge in [-0.15, -0.1) is 0 Å². The van der Waals surface area contributed by atoms with Crippen LogP contribution in [0.15, 0.2) is 18.2 Å². The molecule has 0 bridgehead atoms. The number of rotatable bonds is 3. The summed E-state index contributed by atoms with van der Waals surface area (Å²) in [5.74, 6) is -0.0567. The molecule has 3 nitrogen and oxygen atoms in total. The van der Waals surface area contributed by atoms with Crippen LogP contribution < -0.4 is 5.73 Å². The van der Waals surface area contributed by atoms with Crippen molar-refractivity contribution in [2.45, 2.75) is 0 Å². The predicted octanol–water partition coefficient (Wildman–Crippen LogP) is 1.98. The van der Waals surface area contributed by atoms with Gasteiger partial charge in [0.1, 0.15) is 0 Å². The summed E-state index contributed by atoms with van der Waals surface area (Å²) in [6.07, 6.45) is 0. The zero-order chi connectivity index (χ0) is 11.4. The second-order valence-corrected chi connectivity index (χ2v) is 4.71. The topological polar surface area (TPSA) is 46.3 Å². The molecule has 15 heavy (non-hydrogen) atoms. The summed E-state index contributed by atoms with van der Waals surface area (Å²) in [5, 5.41) is 0.600. The van der Waals surface area contributed by atoms with E-state index in [0.717, 1.165) is 3.57 Å². The minimum atomic E-state index is -0.0567. The van der Waals surface area contributed by atoms with E-state index in [1.165, 1.54) is 0 Å². The molecule has 5 heteroatoms. The van der Waals surface area contributed by atoms with Crippen molar-refractivity contribution < 1.29 is 4.79 Å². The molecule has 0 aliphatic rings. The van der Waals surface area contributed by atoms with Crippen LogP contribution in [0.5, 0.6) is 0 Å². The van der Waals surface area contributed by atoms with Gasteiger partial charge < -0.3 is 10.6 Å². The van der Waals surface area contributed by atoms with Gasteiger partial charge >= 0.3 is 0 Å². The maximum Gasteiger partial charge on any atom is 0.253 e. The number of carbonyl (C=O) groups is 1. The number of amides is 1. The van der Waals surface area contributed by atoms with Crippen LogP contribution in [0, 0.1) is 3.57 Å². The molecule has 0 atom stereocenters. The molecule has 0 saturated carbocycles. The van der Waals surface area contributed by atoms with Crippen LogP contribution in [0.3, 0.4) is 0 Å². The predicted molar refractivity (Wildman–Crippen MR) is 70.2 cm³/mol. The number of benzene rings is 1. The Bertz CT molecular complexity index is 370. The molecule has 2 N–H and O–H groups in total. The van der Waals surface area contributed by atoms with Crippen molar-refractivity contribution in [3.8, 4) is 0 Å². The number of halogens is 2. The zero-order valence-corrected chi connectivity index (χ0v) is 11.2. The summed E-state index contributed by atoms with van der Waals surface area (Å²) >= 11 is 8.06. The van der Waals surface area contributed by atoms with Crippen molar-refractivity contribution in [1.82, 2.24) is 4.90 Å². The van der Waals surface area contributed by atoms with Crippen molar-refractivity contribution in [1.29, 1.82) is 0 Å². The lowest BCUT2D eigenvalue weighted by atomic mass is 10.2. The highest BCUT2D eigenvalue weighted by Gasteiger charge is 2.11. The standard InChI is InChI=1S/C10H12ClIN2O/c1-14(5-4-13)10(15)7-2-3-9(12)8(11)6-7/h2-3,6H,4-5,13H2,1H3. The number of nitrogens with zero attached hydrogens (tertiary/aromatic N) is 1. The maximum atomic E-state index is 11.8. The van der Waals surface area contributed by atoms with E-state index in [2.05, 4.69) is 22.6 Å². The molecule has 0 aromatic heterocycles. The van der Waals surface area contributed by atoms with Gasteiger partial charge in [-0.05, 0) is 40.8 Å². The number of nitrogens with two attached hydrogens (primary N) is 1. The average Bonchev–Trinajstić information content (AvgIpc) is 2.21. The average molecular weight is 339 g/mol. The molecule has 1 rings (SSSR count). The van der Waals surface area contributed by atoms with Crippen molar-refractivity contribution in [2.75, 3.05) is 20.1 Å². The molecule has 0 aliphatic heterocycles. The summed E-state index contributed by atoms with van der Waals surface area (Å²) in [4.78, 5) is 13.4. The van der Waals surface area contributed by atoms with Gasteiger partial charge in [-0.3, -0.25) is 4.79 Å². The molecule has 0 unspecified atom stereocenters. The van der Waals surface area contributed by atoms with Gasteiger partial charge in [-0.2, -0.15) is 0 Å². The number of carbonyl (C=O) groups excluding carboxylic acids is 1. The van der Waals surface area contributed by atoms with Crippen molar-refractivity contribution in [3.63, 3.8) is 0 Å². The Morgan fingerprint density at radius 3 is 2.80 bits per heavy atom. The van der Waals surface area contributed by atoms with E-state index in [1.807, 2.05) is 6.07 Å². The minimum absolute atomic E-state index is 0.0567. The number of hydrogen-bond donors (Lipinski definition) is 1. The summed E-state index contributed by atoms with van der Waals surface area (Å²) < 4.78 is 0.937. The molecule has 0 heterocycles. The van der Waals surface area contributed by atoms with Crippen LogP contribution in [-0.2, 0) is 0 Å². The summed E-state index contributed by atoms with van der Waals surface area (Å²) in [6, 6.07) is 5.27. The molecule has 0 aliphatic carbocycles. The van der Waals surface area contributed by atoms with Crippen LogP contribution in [0.25, 0.3) is 0 Å². The highest BCUT2D eigenvalue weighted by Crippen LogP contribution is 2.20. The van der Waals surface area contributed by atoms with E-state index in [1.54, 1.807) is 24.1 Å². The lowest BCUT2D eigenvalue weighted by molar-refractivity contribution is 0.0799. The first-order valence-corrected chi connectivity index (χ1v) is 5.92. The van der Waals surface area contributed by atoms with Crippen LogP contribution in [0.2, 0.25) is 5.02 Å². The van der Waals surface area contributed by atoms with Crippen LogP contribution in [0.4, 0.5) is 0 Å². The van der Waals surface area contributed by atoms with Gasteiger partial charge in [0.15, 0.2) is 0 Å². The van der Waals surface area contributed by atoms with Crippen LogP contribution in [0.1, 0.15) is 10.4 Å². The molecule has 0 saturated heterocycles. The van der Waals surface area contributed by atoms with Gasteiger partial charge in [0.05, 0.1) is 5.02 Å². The van der Waals surface area contributed by atoms with Gasteiger partial charge in [-0.25, -0.2) is 0 Å². The third kappa shape index (κ3) is 3.32.